The fourth-order valence-electron chi connectivity index (χ4n) is 6.08. The lowest BCUT2D eigenvalue weighted by molar-refractivity contribution is -0.132. The first-order chi connectivity index (χ1) is 19.4. The van der Waals surface area contributed by atoms with Gasteiger partial charge in [-0.05, 0) is 66.8 Å². The van der Waals surface area contributed by atoms with E-state index >= 15 is 0 Å². The number of fused-ring (bicyclic) bond motifs is 3. The molecule has 0 radical (unpaired) electrons. The van der Waals surface area contributed by atoms with Crippen LogP contribution in [0.15, 0.2) is 73.1 Å². The lowest BCUT2D eigenvalue weighted by Gasteiger charge is -2.34. The van der Waals surface area contributed by atoms with Gasteiger partial charge in [0.1, 0.15) is 5.82 Å². The highest BCUT2D eigenvalue weighted by Crippen LogP contribution is 2.32. The molecule has 0 saturated carbocycles. The van der Waals surface area contributed by atoms with Crippen LogP contribution >= 0.6 is 0 Å². The van der Waals surface area contributed by atoms with Crippen molar-refractivity contribution in [1.82, 2.24) is 14.8 Å². The van der Waals surface area contributed by atoms with Gasteiger partial charge in [-0.3, -0.25) is 19.5 Å². The van der Waals surface area contributed by atoms with Crippen LogP contribution < -0.4 is 9.80 Å². The minimum Gasteiger partial charge on any atom is -0.374 e. The smallest absolute Gasteiger partial charge is 0.224 e. The van der Waals surface area contributed by atoms with Crippen molar-refractivity contribution in [2.45, 2.75) is 57.8 Å². The second-order valence-corrected chi connectivity index (χ2v) is 10.9. The third-order valence-corrected chi connectivity index (χ3v) is 8.28. The van der Waals surface area contributed by atoms with E-state index < -0.39 is 0 Å². The number of carbonyl (C=O) groups excluding carboxylic acids is 2. The second-order valence-electron chi connectivity index (χ2n) is 10.9. The SMILES string of the molecule is CC(=O)N1CCC2CCC(CN(C(=O)CCN(C)c3ccc(F)cc3)Cc3ccccc31)N2Cc1cccnc1. The number of pyridine rings is 1. The molecule has 3 aromatic rings. The maximum atomic E-state index is 13.8. The lowest BCUT2D eigenvalue weighted by Crippen LogP contribution is -2.45. The molecule has 5 rings (SSSR count). The molecule has 2 aromatic carbocycles. The first-order valence-electron chi connectivity index (χ1n) is 14.1. The lowest BCUT2D eigenvalue weighted by atomic mass is 10.1. The molecule has 0 aliphatic carbocycles. The van der Waals surface area contributed by atoms with Crippen LogP contribution in [0.4, 0.5) is 15.8 Å². The predicted octanol–water partition coefficient (Wildman–Crippen LogP) is 4.87. The number of carbonyl (C=O) groups is 2. The van der Waals surface area contributed by atoms with Crippen molar-refractivity contribution < 1.29 is 14.0 Å². The predicted molar refractivity (Wildman–Crippen MR) is 155 cm³/mol. The molecule has 1 aromatic heterocycles. The van der Waals surface area contributed by atoms with Crippen molar-refractivity contribution in [3.05, 3.63) is 90.0 Å². The number of hydrogen-bond acceptors (Lipinski definition) is 5. The van der Waals surface area contributed by atoms with Gasteiger partial charge >= 0.3 is 0 Å². The Bertz CT molecular complexity index is 1300. The van der Waals surface area contributed by atoms with Gasteiger partial charge in [-0.2, -0.15) is 0 Å². The van der Waals surface area contributed by atoms with Gasteiger partial charge < -0.3 is 14.7 Å². The molecule has 1 fully saturated rings. The minimum atomic E-state index is -0.277. The number of anilines is 2. The Morgan fingerprint density at radius 2 is 1.77 bits per heavy atom. The fraction of sp³-hybridized carbons (Fsp3) is 0.406. The molecule has 0 N–H and O–H groups in total. The van der Waals surface area contributed by atoms with E-state index in [2.05, 4.69) is 16.0 Å². The summed E-state index contributed by atoms with van der Waals surface area (Å²) in [6.07, 6.45) is 6.96. The van der Waals surface area contributed by atoms with E-state index in [0.29, 0.717) is 38.6 Å². The zero-order chi connectivity index (χ0) is 28.1. The molecule has 2 aliphatic rings. The largest absolute Gasteiger partial charge is 0.374 e. The van der Waals surface area contributed by atoms with Crippen LogP contribution in [0.2, 0.25) is 0 Å². The van der Waals surface area contributed by atoms with Crippen molar-refractivity contribution in [3.63, 3.8) is 0 Å². The number of halogens is 1. The third kappa shape index (κ3) is 6.50. The first kappa shape index (κ1) is 27.8. The number of para-hydroxylation sites is 1. The van der Waals surface area contributed by atoms with Gasteiger partial charge in [0.25, 0.3) is 0 Å². The standard InChI is InChI=1S/C32H38FN5O2/c1-24(39)37-19-15-29-13-14-30(38(29)21-25-6-5-17-34-20-25)23-36(22-26-7-3-4-8-31(26)37)32(40)16-18-35(2)28-11-9-27(33)10-12-28/h3-12,17,20,29-30H,13-16,18-19,21-23H2,1-2H3. The zero-order valence-electron chi connectivity index (χ0n) is 23.4. The summed E-state index contributed by atoms with van der Waals surface area (Å²) in [5, 5.41) is 0. The molecule has 0 spiro atoms. The van der Waals surface area contributed by atoms with Crippen LogP contribution in [0.1, 0.15) is 43.7 Å². The monoisotopic (exact) mass is 543 g/mol. The molecule has 1 saturated heterocycles. The van der Waals surface area contributed by atoms with Gasteiger partial charge in [0, 0.05) is 89.0 Å². The van der Waals surface area contributed by atoms with Gasteiger partial charge in [-0.15, -0.1) is 0 Å². The molecule has 210 valence electrons. The number of nitrogens with zero attached hydrogens (tertiary/aromatic N) is 5. The van der Waals surface area contributed by atoms with Crippen LogP contribution in [-0.2, 0) is 22.7 Å². The van der Waals surface area contributed by atoms with E-state index in [1.165, 1.54) is 12.1 Å². The molecule has 3 heterocycles. The van der Waals surface area contributed by atoms with Crippen LogP contribution in [-0.4, -0.2) is 65.4 Å². The quantitative estimate of drug-likeness (QED) is 0.444. The number of aromatic nitrogens is 1. The summed E-state index contributed by atoms with van der Waals surface area (Å²) in [6, 6.07) is 18.9. The zero-order valence-corrected chi connectivity index (χ0v) is 23.4. The highest BCUT2D eigenvalue weighted by atomic mass is 19.1. The van der Waals surface area contributed by atoms with E-state index in [1.54, 1.807) is 25.3 Å². The minimum absolute atomic E-state index is 0.0128. The van der Waals surface area contributed by atoms with E-state index in [4.69, 9.17) is 0 Å². The molecule has 7 nitrogen and oxygen atoms in total. The Morgan fingerprint density at radius 1 is 1.00 bits per heavy atom. The average molecular weight is 544 g/mol. The Kier molecular flexibility index (Phi) is 8.75. The van der Waals surface area contributed by atoms with Crippen LogP contribution in [0.3, 0.4) is 0 Å². The van der Waals surface area contributed by atoms with Crippen LogP contribution in [0, 0.1) is 5.82 Å². The molecule has 2 aliphatic heterocycles. The van der Waals surface area contributed by atoms with Crippen LogP contribution in [0.25, 0.3) is 0 Å². The second kappa shape index (κ2) is 12.6. The molecular weight excluding hydrogens is 505 g/mol. The Labute approximate surface area is 236 Å². The van der Waals surface area contributed by atoms with Crippen molar-refractivity contribution in [2.75, 3.05) is 36.5 Å². The molecule has 40 heavy (non-hydrogen) atoms. The van der Waals surface area contributed by atoms with Crippen molar-refractivity contribution in [3.8, 4) is 0 Å². The summed E-state index contributed by atoms with van der Waals surface area (Å²) in [5.41, 5.74) is 3.89. The van der Waals surface area contributed by atoms with Gasteiger partial charge in [-0.25, -0.2) is 4.39 Å². The number of rotatable bonds is 6. The molecule has 2 unspecified atom stereocenters. The highest BCUT2D eigenvalue weighted by Gasteiger charge is 2.36. The molecule has 2 amide bonds. The van der Waals surface area contributed by atoms with E-state index in [-0.39, 0.29) is 23.7 Å². The third-order valence-electron chi connectivity index (χ3n) is 8.28. The maximum Gasteiger partial charge on any atom is 0.224 e. The Balaban J connectivity index is 1.41. The number of benzene rings is 2. The summed E-state index contributed by atoms with van der Waals surface area (Å²) in [4.78, 5) is 39.3. The normalized spacial score (nSPS) is 19.6. The van der Waals surface area contributed by atoms with Gasteiger partial charge in [-0.1, -0.05) is 24.3 Å². The van der Waals surface area contributed by atoms with E-state index in [0.717, 1.165) is 48.3 Å². The Morgan fingerprint density at radius 3 is 2.52 bits per heavy atom. The first-order valence-corrected chi connectivity index (χ1v) is 14.1. The summed E-state index contributed by atoms with van der Waals surface area (Å²) in [5.74, 6) is -0.193. The fourth-order valence-corrected chi connectivity index (χ4v) is 6.08. The summed E-state index contributed by atoms with van der Waals surface area (Å²) in [6.45, 7) is 4.63. The van der Waals surface area contributed by atoms with E-state index in [9.17, 15) is 14.0 Å². The highest BCUT2D eigenvalue weighted by molar-refractivity contribution is 5.92. The summed E-state index contributed by atoms with van der Waals surface area (Å²) < 4.78 is 13.4. The van der Waals surface area contributed by atoms with Crippen molar-refractivity contribution in [1.29, 1.82) is 0 Å². The molecule has 2 bridgehead atoms. The molecular formula is C32H38FN5O2. The maximum absolute atomic E-state index is 13.8. The average Bonchev–Trinajstić information content (AvgIpc) is 3.31. The summed E-state index contributed by atoms with van der Waals surface area (Å²) >= 11 is 0. The molecule has 8 heteroatoms. The summed E-state index contributed by atoms with van der Waals surface area (Å²) in [7, 11) is 1.92. The number of hydrogen-bond donors (Lipinski definition) is 0. The van der Waals surface area contributed by atoms with Crippen LogP contribution in [0.5, 0.6) is 0 Å². The van der Waals surface area contributed by atoms with Gasteiger partial charge in [0.2, 0.25) is 11.8 Å². The van der Waals surface area contributed by atoms with E-state index in [1.807, 2.05) is 58.3 Å². The number of amides is 2. The Hall–Kier alpha value is -3.78. The van der Waals surface area contributed by atoms with Gasteiger partial charge in [0.05, 0.1) is 0 Å². The van der Waals surface area contributed by atoms with Crippen molar-refractivity contribution in [2.24, 2.45) is 0 Å². The van der Waals surface area contributed by atoms with Gasteiger partial charge in [0.15, 0.2) is 0 Å². The van der Waals surface area contributed by atoms with Crippen molar-refractivity contribution >= 4 is 23.2 Å². The molecule has 2 atom stereocenters. The topological polar surface area (TPSA) is 60.0 Å².